The number of carbonyl (C=O) groups is 1. The molecule has 0 spiro atoms. The van der Waals surface area contributed by atoms with Crippen molar-refractivity contribution < 1.29 is 9.21 Å². The second-order valence-corrected chi connectivity index (χ2v) is 4.14. The lowest BCUT2D eigenvalue weighted by atomic mass is 10.2. The topological polar surface area (TPSA) is 45.5 Å². The Morgan fingerprint density at radius 3 is 2.88 bits per heavy atom. The Hall–Kier alpha value is -1.55. The fourth-order valence-corrected chi connectivity index (χ4v) is 1.47. The summed E-state index contributed by atoms with van der Waals surface area (Å²) in [6, 6.07) is 3.66. The average molecular weight is 236 g/mol. The molecule has 1 unspecified atom stereocenters. The number of hydrogen-bond acceptors (Lipinski definition) is 3. The van der Waals surface area contributed by atoms with Crippen LogP contribution in [0.5, 0.6) is 0 Å². The second kappa shape index (κ2) is 6.25. The first-order valence-corrected chi connectivity index (χ1v) is 5.68. The molecular formula is C13H20N2O2. The molecule has 0 saturated heterocycles. The molecule has 4 heteroatoms. The molecular weight excluding hydrogens is 216 g/mol. The molecule has 1 heterocycles. The van der Waals surface area contributed by atoms with Crippen molar-refractivity contribution in [2.75, 3.05) is 13.6 Å². The maximum absolute atomic E-state index is 11.7. The largest absolute Gasteiger partial charge is 0.465 e. The third-order valence-electron chi connectivity index (χ3n) is 2.66. The highest BCUT2D eigenvalue weighted by Gasteiger charge is 2.18. The predicted octanol–water partition coefficient (Wildman–Crippen LogP) is 1.71. The predicted molar refractivity (Wildman–Crippen MR) is 67.6 cm³/mol. The minimum atomic E-state index is -0.194. The summed E-state index contributed by atoms with van der Waals surface area (Å²) in [5, 5.41) is 2.77. The Morgan fingerprint density at radius 1 is 1.65 bits per heavy atom. The van der Waals surface area contributed by atoms with Crippen LogP contribution in [0.1, 0.15) is 18.4 Å². The van der Waals surface area contributed by atoms with E-state index in [9.17, 15) is 4.79 Å². The number of rotatable bonds is 6. The number of carbonyl (C=O) groups excluding carboxylic acids is 1. The van der Waals surface area contributed by atoms with Crippen molar-refractivity contribution in [3.8, 4) is 0 Å². The quantitative estimate of drug-likeness (QED) is 0.765. The van der Waals surface area contributed by atoms with Crippen LogP contribution in [0.3, 0.4) is 0 Å². The molecule has 0 saturated carbocycles. The number of aryl methyl sites for hydroxylation is 1. The van der Waals surface area contributed by atoms with Crippen LogP contribution in [0.25, 0.3) is 0 Å². The SMILES string of the molecule is C=CCNC(=O)C(C)N(C)Cc1ccc(C)o1. The maximum atomic E-state index is 11.7. The number of hydrogen-bond donors (Lipinski definition) is 1. The van der Waals surface area contributed by atoms with Crippen LogP contribution >= 0.6 is 0 Å². The van der Waals surface area contributed by atoms with E-state index in [0.717, 1.165) is 11.5 Å². The number of furan rings is 1. The summed E-state index contributed by atoms with van der Waals surface area (Å²) in [5.41, 5.74) is 0. The van der Waals surface area contributed by atoms with Gasteiger partial charge in [0.15, 0.2) is 0 Å². The molecule has 0 aliphatic carbocycles. The van der Waals surface area contributed by atoms with Crippen molar-refractivity contribution in [2.24, 2.45) is 0 Å². The molecule has 1 aromatic rings. The molecule has 1 rings (SSSR count). The van der Waals surface area contributed by atoms with Gasteiger partial charge in [-0.25, -0.2) is 0 Å². The van der Waals surface area contributed by atoms with Gasteiger partial charge in [0.1, 0.15) is 11.5 Å². The molecule has 0 bridgehead atoms. The standard InChI is InChI=1S/C13H20N2O2/c1-5-8-14-13(16)11(3)15(4)9-12-7-6-10(2)17-12/h5-7,11H,1,8-9H2,2-4H3,(H,14,16). The number of nitrogens with zero attached hydrogens (tertiary/aromatic N) is 1. The van der Waals surface area contributed by atoms with Gasteiger partial charge >= 0.3 is 0 Å². The molecule has 0 radical (unpaired) electrons. The van der Waals surface area contributed by atoms with Gasteiger partial charge in [0.05, 0.1) is 12.6 Å². The lowest BCUT2D eigenvalue weighted by Crippen LogP contribution is -2.42. The van der Waals surface area contributed by atoms with Gasteiger partial charge in [0.2, 0.25) is 5.91 Å². The molecule has 0 aromatic carbocycles. The van der Waals surface area contributed by atoms with E-state index < -0.39 is 0 Å². The summed E-state index contributed by atoms with van der Waals surface area (Å²) < 4.78 is 5.48. The van der Waals surface area contributed by atoms with Gasteiger partial charge in [0.25, 0.3) is 0 Å². The molecule has 0 aliphatic rings. The Kier molecular flexibility index (Phi) is 4.97. The van der Waals surface area contributed by atoms with Crippen molar-refractivity contribution in [1.29, 1.82) is 0 Å². The van der Waals surface area contributed by atoms with Gasteiger partial charge in [-0.1, -0.05) is 6.08 Å². The van der Waals surface area contributed by atoms with Crippen LogP contribution in [0.4, 0.5) is 0 Å². The van der Waals surface area contributed by atoms with Crippen LogP contribution in [-0.4, -0.2) is 30.4 Å². The van der Waals surface area contributed by atoms with Gasteiger partial charge in [-0.15, -0.1) is 6.58 Å². The Labute approximate surface area is 102 Å². The van der Waals surface area contributed by atoms with E-state index in [1.54, 1.807) is 6.08 Å². The first kappa shape index (κ1) is 13.5. The molecule has 1 aromatic heterocycles. The Morgan fingerprint density at radius 2 is 2.35 bits per heavy atom. The Balaban J connectivity index is 2.48. The van der Waals surface area contributed by atoms with E-state index >= 15 is 0 Å². The van der Waals surface area contributed by atoms with Crippen molar-refractivity contribution in [2.45, 2.75) is 26.4 Å². The average Bonchev–Trinajstić information content (AvgIpc) is 2.70. The first-order chi connectivity index (χ1) is 8.04. The van der Waals surface area contributed by atoms with Gasteiger partial charge in [-0.3, -0.25) is 9.69 Å². The zero-order valence-corrected chi connectivity index (χ0v) is 10.7. The molecule has 17 heavy (non-hydrogen) atoms. The molecule has 0 aliphatic heterocycles. The van der Waals surface area contributed by atoms with Crippen molar-refractivity contribution >= 4 is 5.91 Å². The third-order valence-corrected chi connectivity index (χ3v) is 2.66. The highest BCUT2D eigenvalue weighted by atomic mass is 16.3. The monoisotopic (exact) mass is 236 g/mol. The van der Waals surface area contributed by atoms with E-state index in [2.05, 4.69) is 11.9 Å². The number of nitrogens with one attached hydrogen (secondary N) is 1. The molecule has 94 valence electrons. The van der Waals surface area contributed by atoms with Crippen LogP contribution in [-0.2, 0) is 11.3 Å². The van der Waals surface area contributed by atoms with Crippen molar-refractivity contribution in [1.82, 2.24) is 10.2 Å². The molecule has 1 atom stereocenters. The van der Waals surface area contributed by atoms with Gasteiger partial charge in [-0.2, -0.15) is 0 Å². The minimum Gasteiger partial charge on any atom is -0.465 e. The van der Waals surface area contributed by atoms with Gasteiger partial charge < -0.3 is 9.73 Å². The van der Waals surface area contributed by atoms with E-state index in [4.69, 9.17) is 4.42 Å². The number of likely N-dealkylation sites (N-methyl/N-ethyl adjacent to an activating group) is 1. The molecule has 0 fully saturated rings. The van der Waals surface area contributed by atoms with Gasteiger partial charge in [0, 0.05) is 6.54 Å². The summed E-state index contributed by atoms with van der Waals surface area (Å²) in [4.78, 5) is 13.6. The van der Waals surface area contributed by atoms with Crippen molar-refractivity contribution in [3.63, 3.8) is 0 Å². The van der Waals surface area contributed by atoms with E-state index in [1.165, 1.54) is 0 Å². The van der Waals surface area contributed by atoms with Crippen LogP contribution in [0, 0.1) is 6.92 Å². The van der Waals surface area contributed by atoms with E-state index in [1.807, 2.05) is 37.9 Å². The summed E-state index contributed by atoms with van der Waals surface area (Å²) in [6.07, 6.45) is 1.67. The van der Waals surface area contributed by atoms with E-state index in [0.29, 0.717) is 13.1 Å². The molecule has 1 N–H and O–H groups in total. The first-order valence-electron chi connectivity index (χ1n) is 5.68. The summed E-state index contributed by atoms with van der Waals surface area (Å²) in [7, 11) is 1.90. The lowest BCUT2D eigenvalue weighted by Gasteiger charge is -2.22. The van der Waals surface area contributed by atoms with Crippen LogP contribution < -0.4 is 5.32 Å². The van der Waals surface area contributed by atoms with Crippen LogP contribution in [0.15, 0.2) is 29.2 Å². The zero-order chi connectivity index (χ0) is 12.8. The van der Waals surface area contributed by atoms with Gasteiger partial charge in [-0.05, 0) is 33.0 Å². The zero-order valence-electron chi connectivity index (χ0n) is 10.7. The summed E-state index contributed by atoms with van der Waals surface area (Å²) >= 11 is 0. The maximum Gasteiger partial charge on any atom is 0.237 e. The summed E-state index contributed by atoms with van der Waals surface area (Å²) in [6.45, 7) is 8.46. The number of amides is 1. The third kappa shape index (κ3) is 4.07. The molecule has 1 amide bonds. The summed E-state index contributed by atoms with van der Waals surface area (Å²) in [5.74, 6) is 1.75. The van der Waals surface area contributed by atoms with Crippen molar-refractivity contribution in [3.05, 3.63) is 36.3 Å². The molecule has 4 nitrogen and oxygen atoms in total. The Bertz CT molecular complexity index is 385. The lowest BCUT2D eigenvalue weighted by molar-refractivity contribution is -0.125. The highest BCUT2D eigenvalue weighted by Crippen LogP contribution is 2.10. The normalized spacial score (nSPS) is 12.5. The fraction of sp³-hybridized carbons (Fsp3) is 0.462. The second-order valence-electron chi connectivity index (χ2n) is 4.14. The van der Waals surface area contributed by atoms with E-state index in [-0.39, 0.29) is 11.9 Å². The minimum absolute atomic E-state index is 0.00400. The fourth-order valence-electron chi connectivity index (χ4n) is 1.47. The smallest absolute Gasteiger partial charge is 0.237 e. The highest BCUT2D eigenvalue weighted by molar-refractivity contribution is 5.81. The van der Waals surface area contributed by atoms with Crippen LogP contribution in [0.2, 0.25) is 0 Å².